The Labute approximate surface area is 166 Å². The van der Waals surface area contributed by atoms with Crippen molar-refractivity contribution in [2.75, 3.05) is 0 Å². The lowest BCUT2D eigenvalue weighted by Gasteiger charge is -2.41. The first kappa shape index (κ1) is 24.0. The van der Waals surface area contributed by atoms with Gasteiger partial charge in [-0.2, -0.15) is 0 Å². The molecule has 0 N–H and O–H groups in total. The second kappa shape index (κ2) is 8.98. The van der Waals surface area contributed by atoms with Crippen LogP contribution in [0, 0.1) is 6.92 Å². The lowest BCUT2D eigenvalue weighted by molar-refractivity contribution is 0.322. The van der Waals surface area contributed by atoms with Gasteiger partial charge in [-0.3, -0.25) is 0 Å². The molecule has 0 radical (unpaired) electrons. The molecular formula is C19H40O3Si4. The van der Waals surface area contributed by atoms with Crippen LogP contribution in [-0.4, -0.2) is 33.8 Å². The third kappa shape index (κ3) is 9.77. The second-order valence-electron chi connectivity index (χ2n) is 9.84. The maximum absolute atomic E-state index is 6.75. The van der Waals surface area contributed by atoms with Gasteiger partial charge in [-0.25, -0.2) is 0 Å². The zero-order valence-corrected chi connectivity index (χ0v) is 22.7. The highest BCUT2D eigenvalue weighted by Gasteiger charge is 2.44. The SMILES string of the molecule is Cc1ccccc1CCC[Si](C)(O[Si](C)(C)C)O[Si](C)(C)O[Si](C)(C)C. The summed E-state index contributed by atoms with van der Waals surface area (Å²) in [4.78, 5) is 0. The topological polar surface area (TPSA) is 27.7 Å². The molecule has 7 heteroatoms. The monoisotopic (exact) mass is 428 g/mol. The van der Waals surface area contributed by atoms with Gasteiger partial charge in [0.05, 0.1) is 0 Å². The molecule has 150 valence electrons. The standard InChI is InChI=1S/C19H40O3Si4/c1-18-14-11-12-15-19(18)16-13-17-26(10,21-24(5,6)7)22-25(8,9)20-23(2,3)4/h11-12,14-15H,13,16-17H2,1-10H3. The average Bonchev–Trinajstić information content (AvgIpc) is 2.34. The fourth-order valence-corrected chi connectivity index (χ4v) is 21.5. The number of rotatable bonds is 10. The Bertz CT molecular complexity index is 579. The predicted molar refractivity (Wildman–Crippen MR) is 123 cm³/mol. The summed E-state index contributed by atoms with van der Waals surface area (Å²) < 4.78 is 19.9. The Balaban J connectivity index is 2.84. The number of hydrogen-bond acceptors (Lipinski definition) is 3. The van der Waals surface area contributed by atoms with E-state index in [9.17, 15) is 0 Å². The minimum atomic E-state index is -2.27. The van der Waals surface area contributed by atoms with E-state index in [0.717, 1.165) is 18.9 Å². The fourth-order valence-electron chi connectivity index (χ4n) is 3.54. The molecule has 0 aliphatic heterocycles. The Kier molecular flexibility index (Phi) is 8.29. The normalized spacial score (nSPS) is 15.8. The number of aryl methyl sites for hydroxylation is 2. The minimum Gasteiger partial charge on any atom is -0.437 e. The molecule has 0 fully saturated rings. The summed E-state index contributed by atoms with van der Waals surface area (Å²) in [6.45, 7) is 22.3. The van der Waals surface area contributed by atoms with Crippen molar-refractivity contribution in [2.45, 2.75) is 84.7 Å². The van der Waals surface area contributed by atoms with E-state index in [-0.39, 0.29) is 0 Å². The summed E-state index contributed by atoms with van der Waals surface area (Å²) in [5, 5.41) is 0. The average molecular weight is 429 g/mol. The zero-order valence-electron chi connectivity index (χ0n) is 18.7. The van der Waals surface area contributed by atoms with E-state index >= 15 is 0 Å². The van der Waals surface area contributed by atoms with E-state index in [1.54, 1.807) is 0 Å². The van der Waals surface area contributed by atoms with E-state index < -0.39 is 33.8 Å². The molecule has 0 aliphatic carbocycles. The summed E-state index contributed by atoms with van der Waals surface area (Å²) in [7, 11) is -7.77. The van der Waals surface area contributed by atoms with Gasteiger partial charge in [0.15, 0.2) is 16.6 Å². The van der Waals surface area contributed by atoms with Crippen molar-refractivity contribution in [1.29, 1.82) is 0 Å². The first-order valence-electron chi connectivity index (χ1n) is 9.76. The Morgan fingerprint density at radius 2 is 1.27 bits per heavy atom. The smallest absolute Gasteiger partial charge is 0.315 e. The molecule has 1 atom stereocenters. The maximum atomic E-state index is 6.75. The third-order valence-corrected chi connectivity index (χ3v) is 17.4. The third-order valence-electron chi connectivity index (χ3n) is 3.87. The highest BCUT2D eigenvalue weighted by molar-refractivity contribution is 6.89. The summed E-state index contributed by atoms with van der Waals surface area (Å²) >= 11 is 0. The van der Waals surface area contributed by atoms with Gasteiger partial charge in [-0.15, -0.1) is 0 Å². The van der Waals surface area contributed by atoms with Crippen LogP contribution < -0.4 is 0 Å². The van der Waals surface area contributed by atoms with Gasteiger partial charge in [0, 0.05) is 0 Å². The van der Waals surface area contributed by atoms with Crippen LogP contribution in [0.25, 0.3) is 0 Å². The van der Waals surface area contributed by atoms with Crippen LogP contribution >= 0.6 is 0 Å². The molecule has 0 saturated heterocycles. The minimum absolute atomic E-state index is 1.02. The van der Waals surface area contributed by atoms with E-state index in [1.807, 2.05) is 0 Å². The molecule has 0 amide bonds. The Morgan fingerprint density at radius 3 is 1.77 bits per heavy atom. The zero-order chi connectivity index (χ0) is 20.2. The molecule has 26 heavy (non-hydrogen) atoms. The molecule has 1 aromatic rings. The molecule has 1 rings (SSSR count). The molecule has 0 bridgehead atoms. The maximum Gasteiger partial charge on any atom is 0.315 e. The molecular weight excluding hydrogens is 389 g/mol. The molecule has 0 aliphatic rings. The van der Waals surface area contributed by atoms with Crippen LogP contribution in [0.4, 0.5) is 0 Å². The summed E-state index contributed by atoms with van der Waals surface area (Å²) in [6, 6.07) is 9.69. The van der Waals surface area contributed by atoms with Gasteiger partial charge in [0.25, 0.3) is 0 Å². The molecule has 0 heterocycles. The van der Waals surface area contributed by atoms with Gasteiger partial charge in [-0.1, -0.05) is 24.3 Å². The first-order valence-corrected chi connectivity index (χ1v) is 21.9. The lowest BCUT2D eigenvalue weighted by atomic mass is 10.1. The van der Waals surface area contributed by atoms with Crippen LogP contribution in [0.3, 0.4) is 0 Å². The van der Waals surface area contributed by atoms with Crippen LogP contribution in [0.15, 0.2) is 24.3 Å². The largest absolute Gasteiger partial charge is 0.437 e. The van der Waals surface area contributed by atoms with Crippen molar-refractivity contribution in [3.05, 3.63) is 35.4 Å². The van der Waals surface area contributed by atoms with Crippen molar-refractivity contribution in [3.8, 4) is 0 Å². The molecule has 0 spiro atoms. The van der Waals surface area contributed by atoms with Gasteiger partial charge in [-0.05, 0) is 95.9 Å². The van der Waals surface area contributed by atoms with E-state index in [4.69, 9.17) is 12.3 Å². The quantitative estimate of drug-likeness (QED) is 0.402. The second-order valence-corrected chi connectivity index (χ2v) is 26.3. The summed E-state index contributed by atoms with van der Waals surface area (Å²) in [6.07, 6.45) is 2.19. The molecule has 0 aromatic heterocycles. The predicted octanol–water partition coefficient (Wildman–Crippen LogP) is 6.42. The van der Waals surface area contributed by atoms with Gasteiger partial charge < -0.3 is 12.3 Å². The van der Waals surface area contributed by atoms with Gasteiger partial charge in [0.2, 0.25) is 0 Å². The fraction of sp³-hybridized carbons (Fsp3) is 0.684. The Hall–Kier alpha value is -0.0325. The molecule has 3 nitrogen and oxygen atoms in total. The molecule has 1 unspecified atom stereocenters. The van der Waals surface area contributed by atoms with E-state index in [2.05, 4.69) is 90.1 Å². The highest BCUT2D eigenvalue weighted by atomic mass is 28.5. The molecule has 0 saturated carbocycles. The highest BCUT2D eigenvalue weighted by Crippen LogP contribution is 2.28. The molecule has 1 aromatic carbocycles. The summed E-state index contributed by atoms with van der Waals surface area (Å²) in [5.41, 5.74) is 2.81. The van der Waals surface area contributed by atoms with Crippen molar-refractivity contribution in [1.82, 2.24) is 0 Å². The van der Waals surface area contributed by atoms with Crippen LogP contribution in [0.2, 0.25) is 65.0 Å². The Morgan fingerprint density at radius 1 is 0.731 bits per heavy atom. The van der Waals surface area contributed by atoms with Gasteiger partial charge in [0.1, 0.15) is 0 Å². The number of benzene rings is 1. The van der Waals surface area contributed by atoms with E-state index in [1.165, 1.54) is 11.1 Å². The first-order chi connectivity index (χ1) is 11.6. The van der Waals surface area contributed by atoms with Crippen LogP contribution in [0.1, 0.15) is 17.5 Å². The van der Waals surface area contributed by atoms with Crippen molar-refractivity contribution < 1.29 is 12.3 Å². The van der Waals surface area contributed by atoms with Crippen LogP contribution in [0.5, 0.6) is 0 Å². The van der Waals surface area contributed by atoms with Crippen molar-refractivity contribution in [2.24, 2.45) is 0 Å². The van der Waals surface area contributed by atoms with Crippen LogP contribution in [-0.2, 0) is 18.8 Å². The summed E-state index contributed by atoms with van der Waals surface area (Å²) in [5.74, 6) is 0. The number of hydrogen-bond donors (Lipinski definition) is 0. The van der Waals surface area contributed by atoms with Crippen molar-refractivity contribution in [3.63, 3.8) is 0 Å². The van der Waals surface area contributed by atoms with Gasteiger partial charge >= 0.3 is 17.1 Å². The van der Waals surface area contributed by atoms with Crippen molar-refractivity contribution >= 4 is 33.8 Å². The van der Waals surface area contributed by atoms with E-state index in [0.29, 0.717) is 0 Å². The lowest BCUT2D eigenvalue weighted by Crippen LogP contribution is -2.56.